The molecule has 0 unspecified atom stereocenters. The Balaban J connectivity index is 1.87. The summed E-state index contributed by atoms with van der Waals surface area (Å²) in [5.41, 5.74) is 2.79. The van der Waals surface area contributed by atoms with Gasteiger partial charge in [0.25, 0.3) is 17.5 Å². The third kappa shape index (κ3) is 4.87. The van der Waals surface area contributed by atoms with Gasteiger partial charge in [0.1, 0.15) is 0 Å². The summed E-state index contributed by atoms with van der Waals surface area (Å²) in [6, 6.07) is 18.1. The van der Waals surface area contributed by atoms with Crippen molar-refractivity contribution in [2.45, 2.75) is 6.92 Å². The lowest BCUT2D eigenvalue weighted by Crippen LogP contribution is -2.19. The van der Waals surface area contributed by atoms with Crippen molar-refractivity contribution in [3.63, 3.8) is 0 Å². The first-order valence-corrected chi connectivity index (χ1v) is 9.51. The Kier molecular flexibility index (Phi) is 6.30. The number of nitro groups is 1. The van der Waals surface area contributed by atoms with Crippen LogP contribution in [0.4, 0.5) is 22.7 Å². The minimum absolute atomic E-state index is 0.170. The van der Waals surface area contributed by atoms with Crippen LogP contribution in [0.2, 0.25) is 0 Å². The molecular weight excluding hydrogens is 396 g/mol. The molecule has 0 spiro atoms. The molecule has 8 nitrogen and oxygen atoms in total. The average molecular weight is 418 g/mol. The van der Waals surface area contributed by atoms with Gasteiger partial charge in [0, 0.05) is 48.9 Å². The summed E-state index contributed by atoms with van der Waals surface area (Å²) in [5.74, 6) is -0.747. The number of carbonyl (C=O) groups excluding carboxylic acids is 2. The van der Waals surface area contributed by atoms with E-state index in [1.54, 1.807) is 68.4 Å². The number of carbonyl (C=O) groups is 2. The van der Waals surface area contributed by atoms with Gasteiger partial charge >= 0.3 is 0 Å². The van der Waals surface area contributed by atoms with Crippen molar-refractivity contribution >= 4 is 34.6 Å². The second kappa shape index (κ2) is 9.08. The van der Waals surface area contributed by atoms with Gasteiger partial charge in [-0.3, -0.25) is 19.7 Å². The predicted molar refractivity (Wildman–Crippen MR) is 121 cm³/mol. The normalized spacial score (nSPS) is 10.3. The first-order valence-electron chi connectivity index (χ1n) is 9.51. The highest BCUT2D eigenvalue weighted by Gasteiger charge is 2.19. The lowest BCUT2D eigenvalue weighted by Gasteiger charge is -2.18. The van der Waals surface area contributed by atoms with Crippen LogP contribution in [0.15, 0.2) is 66.7 Å². The molecular formula is C23H22N4O4. The van der Waals surface area contributed by atoms with Crippen LogP contribution < -0.4 is 15.5 Å². The predicted octanol–water partition coefficient (Wildman–Crippen LogP) is 4.47. The molecule has 0 radical (unpaired) electrons. The van der Waals surface area contributed by atoms with Gasteiger partial charge in [0.2, 0.25) is 0 Å². The van der Waals surface area contributed by atoms with E-state index in [0.717, 1.165) is 0 Å². The van der Waals surface area contributed by atoms with Crippen LogP contribution in [0.25, 0.3) is 0 Å². The largest absolute Gasteiger partial charge is 0.377 e. The topological polar surface area (TPSA) is 105 Å². The molecule has 158 valence electrons. The van der Waals surface area contributed by atoms with Gasteiger partial charge in [-0.1, -0.05) is 24.3 Å². The Morgan fingerprint density at radius 2 is 1.48 bits per heavy atom. The van der Waals surface area contributed by atoms with Crippen LogP contribution in [-0.2, 0) is 0 Å². The lowest BCUT2D eigenvalue weighted by molar-refractivity contribution is -0.384. The van der Waals surface area contributed by atoms with Crippen molar-refractivity contribution in [2.75, 3.05) is 29.6 Å². The molecule has 0 aliphatic rings. The molecule has 2 N–H and O–H groups in total. The summed E-state index contributed by atoms with van der Waals surface area (Å²) in [4.78, 5) is 37.8. The van der Waals surface area contributed by atoms with E-state index in [1.165, 1.54) is 18.2 Å². The molecule has 0 aromatic heterocycles. The Bertz CT molecular complexity index is 1140. The molecule has 0 aliphatic heterocycles. The number of non-ortho nitro benzene ring substituents is 1. The molecule has 31 heavy (non-hydrogen) atoms. The molecule has 3 aromatic carbocycles. The van der Waals surface area contributed by atoms with E-state index < -0.39 is 10.8 Å². The van der Waals surface area contributed by atoms with Crippen molar-refractivity contribution in [3.8, 4) is 0 Å². The Labute approximate surface area is 179 Å². The molecule has 0 saturated heterocycles. The summed E-state index contributed by atoms with van der Waals surface area (Å²) in [7, 11) is 3.51. The van der Waals surface area contributed by atoms with Gasteiger partial charge in [0.05, 0.1) is 10.5 Å². The number of amides is 2. The number of nitro benzene ring substituents is 1. The molecule has 0 aliphatic carbocycles. The SMILES string of the molecule is Cc1c(NC(=O)c2ccccc2)cccc1NC(=O)c1cc([N+](=O)[O-])ccc1N(C)C. The maximum atomic E-state index is 13.0. The van der Waals surface area contributed by atoms with Crippen LogP contribution in [0, 0.1) is 17.0 Å². The standard InChI is InChI=1S/C23H22N4O4/c1-15-19(24-22(28)16-8-5-4-6-9-16)10-7-11-20(15)25-23(29)18-14-17(27(30)31)12-13-21(18)26(2)3/h4-14H,1-3H3,(H,24,28)(H,25,29). The fourth-order valence-electron chi connectivity index (χ4n) is 3.09. The van der Waals surface area contributed by atoms with E-state index in [2.05, 4.69) is 10.6 Å². The quantitative estimate of drug-likeness (QED) is 0.454. The summed E-state index contributed by atoms with van der Waals surface area (Å²) in [6.45, 7) is 1.77. The highest BCUT2D eigenvalue weighted by atomic mass is 16.6. The Hall–Kier alpha value is -4.20. The summed E-state index contributed by atoms with van der Waals surface area (Å²) in [5, 5.41) is 16.8. The number of nitrogens with one attached hydrogen (secondary N) is 2. The van der Waals surface area contributed by atoms with Gasteiger partial charge in [-0.15, -0.1) is 0 Å². The zero-order valence-electron chi connectivity index (χ0n) is 17.4. The minimum atomic E-state index is -0.540. The molecule has 0 fully saturated rings. The van der Waals surface area contributed by atoms with Crippen LogP contribution in [0.3, 0.4) is 0 Å². The van der Waals surface area contributed by atoms with E-state index in [9.17, 15) is 19.7 Å². The smallest absolute Gasteiger partial charge is 0.270 e. The van der Waals surface area contributed by atoms with Gasteiger partial charge in [-0.05, 0) is 42.8 Å². The van der Waals surface area contributed by atoms with Crippen molar-refractivity contribution < 1.29 is 14.5 Å². The summed E-state index contributed by atoms with van der Waals surface area (Å²) < 4.78 is 0. The van der Waals surface area contributed by atoms with Crippen LogP contribution in [0.1, 0.15) is 26.3 Å². The molecule has 0 saturated carbocycles. The van der Waals surface area contributed by atoms with Crippen molar-refractivity contribution in [1.29, 1.82) is 0 Å². The lowest BCUT2D eigenvalue weighted by atomic mass is 10.1. The first-order chi connectivity index (χ1) is 14.8. The number of rotatable bonds is 6. The maximum absolute atomic E-state index is 13.0. The monoisotopic (exact) mass is 418 g/mol. The van der Waals surface area contributed by atoms with Crippen molar-refractivity contribution in [1.82, 2.24) is 0 Å². The highest BCUT2D eigenvalue weighted by Crippen LogP contribution is 2.28. The molecule has 2 amide bonds. The Morgan fingerprint density at radius 1 is 0.871 bits per heavy atom. The molecule has 8 heteroatoms. The summed E-state index contributed by atoms with van der Waals surface area (Å²) >= 11 is 0. The second-order valence-corrected chi connectivity index (χ2v) is 7.11. The maximum Gasteiger partial charge on any atom is 0.270 e. The first kappa shape index (κ1) is 21.5. The molecule has 0 bridgehead atoms. The van der Waals surface area contributed by atoms with Crippen LogP contribution >= 0.6 is 0 Å². The number of nitrogens with zero attached hydrogens (tertiary/aromatic N) is 2. The van der Waals surface area contributed by atoms with Crippen LogP contribution in [-0.4, -0.2) is 30.8 Å². The molecule has 0 heterocycles. The zero-order valence-corrected chi connectivity index (χ0v) is 17.4. The van der Waals surface area contributed by atoms with Crippen molar-refractivity contribution in [3.05, 3.63) is 93.5 Å². The molecule has 0 atom stereocenters. The minimum Gasteiger partial charge on any atom is -0.377 e. The van der Waals surface area contributed by atoms with Gasteiger partial charge in [-0.25, -0.2) is 0 Å². The number of benzene rings is 3. The third-order valence-electron chi connectivity index (χ3n) is 4.78. The zero-order chi connectivity index (χ0) is 22.5. The summed E-state index contributed by atoms with van der Waals surface area (Å²) in [6.07, 6.45) is 0. The molecule has 3 rings (SSSR count). The van der Waals surface area contributed by atoms with E-state index >= 15 is 0 Å². The highest BCUT2D eigenvalue weighted by molar-refractivity contribution is 6.10. The number of anilines is 3. The van der Waals surface area contributed by atoms with Gasteiger partial charge in [-0.2, -0.15) is 0 Å². The molecule has 3 aromatic rings. The van der Waals surface area contributed by atoms with E-state index in [4.69, 9.17) is 0 Å². The van der Waals surface area contributed by atoms with Crippen molar-refractivity contribution in [2.24, 2.45) is 0 Å². The fourth-order valence-corrected chi connectivity index (χ4v) is 3.09. The number of hydrogen-bond acceptors (Lipinski definition) is 5. The second-order valence-electron chi connectivity index (χ2n) is 7.11. The van der Waals surface area contributed by atoms with Crippen LogP contribution in [0.5, 0.6) is 0 Å². The fraction of sp³-hybridized carbons (Fsp3) is 0.130. The number of hydrogen-bond donors (Lipinski definition) is 2. The van der Waals surface area contributed by atoms with E-state index in [1.807, 2.05) is 6.07 Å². The van der Waals surface area contributed by atoms with E-state index in [0.29, 0.717) is 28.2 Å². The average Bonchev–Trinajstić information content (AvgIpc) is 2.76. The van der Waals surface area contributed by atoms with Gasteiger partial charge < -0.3 is 15.5 Å². The Morgan fingerprint density at radius 3 is 2.06 bits per heavy atom. The van der Waals surface area contributed by atoms with E-state index in [-0.39, 0.29) is 17.2 Å². The van der Waals surface area contributed by atoms with Gasteiger partial charge in [0.15, 0.2) is 0 Å². The third-order valence-corrected chi connectivity index (χ3v) is 4.78.